The van der Waals surface area contributed by atoms with E-state index in [2.05, 4.69) is 29.6 Å². The van der Waals surface area contributed by atoms with Gasteiger partial charge in [0.25, 0.3) is 0 Å². The fraction of sp³-hybridized carbons (Fsp3) is 1.00. The molecule has 0 aromatic rings. The molecule has 19 heavy (non-hydrogen) atoms. The first-order valence-corrected chi connectivity index (χ1v) is 8.53. The van der Waals surface area contributed by atoms with Gasteiger partial charge < -0.3 is 5.32 Å². The minimum absolute atomic E-state index is 0.710. The Morgan fingerprint density at radius 3 is 2.32 bits per heavy atom. The SMILES string of the molecule is CC1CCCC(C)N1NC1CCCC1C1CCCN1. The zero-order valence-corrected chi connectivity index (χ0v) is 12.7. The normalized spacial score (nSPS) is 44.8. The topological polar surface area (TPSA) is 27.3 Å². The molecule has 1 aliphatic carbocycles. The van der Waals surface area contributed by atoms with Crippen LogP contribution in [0.25, 0.3) is 0 Å². The van der Waals surface area contributed by atoms with Crippen molar-refractivity contribution in [2.75, 3.05) is 6.54 Å². The summed E-state index contributed by atoms with van der Waals surface area (Å²) < 4.78 is 0. The van der Waals surface area contributed by atoms with Crippen molar-refractivity contribution in [3.63, 3.8) is 0 Å². The third kappa shape index (κ3) is 2.98. The summed E-state index contributed by atoms with van der Waals surface area (Å²) in [5.41, 5.74) is 3.94. The van der Waals surface area contributed by atoms with Gasteiger partial charge >= 0.3 is 0 Å². The van der Waals surface area contributed by atoms with Crippen LogP contribution in [-0.2, 0) is 0 Å². The third-order valence-corrected chi connectivity index (χ3v) is 5.69. The molecule has 3 aliphatic rings. The lowest BCUT2D eigenvalue weighted by molar-refractivity contribution is 0.0200. The molecular weight excluding hydrogens is 234 g/mol. The second-order valence-corrected chi connectivity index (χ2v) is 7.07. The van der Waals surface area contributed by atoms with Crippen LogP contribution in [0.2, 0.25) is 0 Å². The Morgan fingerprint density at radius 1 is 0.895 bits per heavy atom. The molecule has 5 unspecified atom stereocenters. The fourth-order valence-electron chi connectivity index (χ4n) is 4.57. The Hall–Kier alpha value is -0.120. The van der Waals surface area contributed by atoms with Gasteiger partial charge in [-0.3, -0.25) is 5.43 Å². The van der Waals surface area contributed by atoms with Crippen molar-refractivity contribution < 1.29 is 0 Å². The summed E-state index contributed by atoms with van der Waals surface area (Å²) in [5.74, 6) is 0.865. The molecule has 2 saturated heterocycles. The Balaban J connectivity index is 1.60. The fourth-order valence-corrected chi connectivity index (χ4v) is 4.57. The molecule has 0 aromatic heterocycles. The lowest BCUT2D eigenvalue weighted by Crippen LogP contribution is -2.57. The highest BCUT2D eigenvalue weighted by atomic mass is 15.5. The lowest BCUT2D eigenvalue weighted by Gasteiger charge is -2.42. The second-order valence-electron chi connectivity index (χ2n) is 7.07. The molecule has 3 fully saturated rings. The van der Waals surface area contributed by atoms with E-state index in [-0.39, 0.29) is 0 Å². The molecule has 3 nitrogen and oxygen atoms in total. The van der Waals surface area contributed by atoms with Crippen molar-refractivity contribution in [2.45, 2.75) is 89.4 Å². The number of hydrazine groups is 1. The smallest absolute Gasteiger partial charge is 0.0258 e. The quantitative estimate of drug-likeness (QED) is 0.821. The van der Waals surface area contributed by atoms with Gasteiger partial charge in [-0.1, -0.05) is 12.8 Å². The van der Waals surface area contributed by atoms with Gasteiger partial charge in [-0.25, -0.2) is 5.01 Å². The van der Waals surface area contributed by atoms with Crippen LogP contribution in [0.1, 0.15) is 65.2 Å². The van der Waals surface area contributed by atoms with Gasteiger partial charge in [-0.05, 0) is 64.8 Å². The largest absolute Gasteiger partial charge is 0.314 e. The zero-order valence-electron chi connectivity index (χ0n) is 12.7. The maximum absolute atomic E-state index is 3.94. The van der Waals surface area contributed by atoms with Gasteiger partial charge in [0.2, 0.25) is 0 Å². The highest BCUT2D eigenvalue weighted by molar-refractivity contribution is 4.93. The van der Waals surface area contributed by atoms with Gasteiger partial charge in [0.1, 0.15) is 0 Å². The monoisotopic (exact) mass is 265 g/mol. The molecule has 0 amide bonds. The van der Waals surface area contributed by atoms with Gasteiger partial charge in [0.05, 0.1) is 0 Å². The molecule has 3 heteroatoms. The molecule has 2 heterocycles. The Kier molecular flexibility index (Phi) is 4.45. The average molecular weight is 265 g/mol. The minimum Gasteiger partial charge on any atom is -0.314 e. The summed E-state index contributed by atoms with van der Waals surface area (Å²) in [5, 5.41) is 6.31. The number of rotatable bonds is 3. The van der Waals surface area contributed by atoms with Gasteiger partial charge in [-0.2, -0.15) is 0 Å². The van der Waals surface area contributed by atoms with Crippen LogP contribution >= 0.6 is 0 Å². The van der Waals surface area contributed by atoms with E-state index in [0.717, 1.165) is 18.0 Å². The first-order valence-electron chi connectivity index (χ1n) is 8.53. The van der Waals surface area contributed by atoms with Gasteiger partial charge in [0, 0.05) is 24.2 Å². The van der Waals surface area contributed by atoms with Crippen LogP contribution in [0.3, 0.4) is 0 Å². The number of piperidine rings is 1. The van der Waals surface area contributed by atoms with Crippen LogP contribution < -0.4 is 10.7 Å². The second kappa shape index (κ2) is 6.11. The molecule has 0 radical (unpaired) electrons. The van der Waals surface area contributed by atoms with Crippen molar-refractivity contribution in [2.24, 2.45) is 5.92 Å². The van der Waals surface area contributed by atoms with Gasteiger partial charge in [-0.15, -0.1) is 0 Å². The third-order valence-electron chi connectivity index (χ3n) is 5.69. The van der Waals surface area contributed by atoms with E-state index in [1.807, 2.05) is 0 Å². The number of nitrogens with one attached hydrogen (secondary N) is 2. The Morgan fingerprint density at radius 2 is 1.63 bits per heavy atom. The highest BCUT2D eigenvalue weighted by Gasteiger charge is 2.37. The molecule has 0 spiro atoms. The van der Waals surface area contributed by atoms with Crippen molar-refractivity contribution in [1.29, 1.82) is 0 Å². The van der Waals surface area contributed by atoms with Crippen LogP contribution in [0.15, 0.2) is 0 Å². The van der Waals surface area contributed by atoms with E-state index in [9.17, 15) is 0 Å². The Bertz CT molecular complexity index is 278. The molecular formula is C16H31N3. The molecule has 0 bridgehead atoms. The van der Waals surface area contributed by atoms with Crippen LogP contribution in [-0.4, -0.2) is 35.7 Å². The van der Waals surface area contributed by atoms with Crippen molar-refractivity contribution in [3.05, 3.63) is 0 Å². The zero-order chi connectivity index (χ0) is 13.2. The number of hydrogen-bond acceptors (Lipinski definition) is 3. The summed E-state index contributed by atoms with van der Waals surface area (Å²) in [7, 11) is 0. The predicted octanol–water partition coefficient (Wildman–Crippen LogP) is 2.67. The van der Waals surface area contributed by atoms with E-state index >= 15 is 0 Å². The van der Waals surface area contributed by atoms with Crippen LogP contribution in [0, 0.1) is 5.92 Å². The number of nitrogens with zero attached hydrogens (tertiary/aromatic N) is 1. The van der Waals surface area contributed by atoms with Crippen LogP contribution in [0.4, 0.5) is 0 Å². The van der Waals surface area contributed by atoms with E-state index in [1.165, 1.54) is 57.9 Å². The van der Waals surface area contributed by atoms with E-state index in [0.29, 0.717) is 12.1 Å². The van der Waals surface area contributed by atoms with Crippen molar-refractivity contribution >= 4 is 0 Å². The average Bonchev–Trinajstić information content (AvgIpc) is 3.04. The summed E-state index contributed by atoms with van der Waals surface area (Å²) >= 11 is 0. The molecule has 110 valence electrons. The standard InChI is InChI=1S/C16H31N3/c1-12-6-3-7-13(2)19(12)18-16-9-4-8-14(16)15-10-5-11-17-15/h12-18H,3-11H2,1-2H3. The highest BCUT2D eigenvalue weighted by Crippen LogP contribution is 2.33. The van der Waals surface area contributed by atoms with Crippen molar-refractivity contribution in [3.8, 4) is 0 Å². The van der Waals surface area contributed by atoms with Gasteiger partial charge in [0.15, 0.2) is 0 Å². The first kappa shape index (κ1) is 13.8. The maximum atomic E-state index is 3.94. The lowest BCUT2D eigenvalue weighted by atomic mass is 9.93. The molecule has 3 rings (SSSR count). The van der Waals surface area contributed by atoms with Crippen molar-refractivity contribution in [1.82, 2.24) is 15.8 Å². The summed E-state index contributed by atoms with van der Waals surface area (Å²) in [6, 6.07) is 2.93. The minimum atomic E-state index is 0.710. The summed E-state index contributed by atoms with van der Waals surface area (Å²) in [6.45, 7) is 6.02. The van der Waals surface area contributed by atoms with E-state index in [4.69, 9.17) is 0 Å². The van der Waals surface area contributed by atoms with E-state index in [1.54, 1.807) is 0 Å². The number of hydrogen-bond donors (Lipinski definition) is 2. The molecule has 5 atom stereocenters. The predicted molar refractivity (Wildman–Crippen MR) is 79.9 cm³/mol. The molecule has 1 saturated carbocycles. The first-order chi connectivity index (χ1) is 9.25. The molecule has 2 N–H and O–H groups in total. The maximum Gasteiger partial charge on any atom is 0.0258 e. The van der Waals surface area contributed by atoms with E-state index < -0.39 is 0 Å². The molecule has 0 aromatic carbocycles. The Labute approximate surface area is 118 Å². The molecule has 2 aliphatic heterocycles. The summed E-state index contributed by atoms with van der Waals surface area (Å²) in [4.78, 5) is 0. The van der Waals surface area contributed by atoms with Crippen LogP contribution in [0.5, 0.6) is 0 Å². The summed E-state index contributed by atoms with van der Waals surface area (Å²) in [6.07, 6.45) is 11.1.